The van der Waals surface area contributed by atoms with Gasteiger partial charge in [0.25, 0.3) is 0 Å². The van der Waals surface area contributed by atoms with Gasteiger partial charge in [-0.3, -0.25) is 0 Å². The van der Waals surface area contributed by atoms with Gasteiger partial charge >= 0.3 is 0 Å². The van der Waals surface area contributed by atoms with Gasteiger partial charge in [-0.1, -0.05) is 20.8 Å². The molecule has 1 N–H and O–H groups in total. The second kappa shape index (κ2) is 7.07. The summed E-state index contributed by atoms with van der Waals surface area (Å²) in [5, 5.41) is 3.53. The van der Waals surface area contributed by atoms with E-state index in [1.54, 1.807) is 0 Å². The molecule has 0 radical (unpaired) electrons. The Morgan fingerprint density at radius 1 is 1.29 bits per heavy atom. The highest BCUT2D eigenvalue weighted by molar-refractivity contribution is 4.96. The predicted octanol–water partition coefficient (Wildman–Crippen LogP) is 3.84. The van der Waals surface area contributed by atoms with E-state index in [-0.39, 0.29) is 0 Å². The van der Waals surface area contributed by atoms with E-state index >= 15 is 0 Å². The van der Waals surface area contributed by atoms with Crippen molar-refractivity contribution in [2.75, 3.05) is 13.1 Å². The second-order valence-corrected chi connectivity index (χ2v) is 6.20. The van der Waals surface area contributed by atoms with Crippen molar-refractivity contribution in [2.24, 2.45) is 17.3 Å². The first-order chi connectivity index (χ1) is 8.09. The molecule has 0 spiro atoms. The van der Waals surface area contributed by atoms with Crippen LogP contribution in [0.3, 0.4) is 0 Å². The molecule has 0 aromatic heterocycles. The molecule has 1 rings (SSSR count). The molecule has 98 valence electrons. The van der Waals surface area contributed by atoms with Crippen molar-refractivity contribution >= 4 is 0 Å². The first-order valence-corrected chi connectivity index (χ1v) is 7.19. The molecule has 0 amide bonds. The van der Waals surface area contributed by atoms with Crippen LogP contribution < -0.4 is 5.32 Å². The van der Waals surface area contributed by atoms with E-state index in [1.165, 1.54) is 32.2 Å². The van der Waals surface area contributed by atoms with Crippen LogP contribution in [0.5, 0.6) is 0 Å². The third-order valence-corrected chi connectivity index (χ3v) is 4.15. The summed E-state index contributed by atoms with van der Waals surface area (Å²) in [7, 11) is 0. The van der Waals surface area contributed by atoms with E-state index in [2.05, 4.69) is 37.9 Å². The molecule has 1 aliphatic carbocycles. The zero-order valence-electron chi connectivity index (χ0n) is 12.1. The molecule has 0 aliphatic heterocycles. The lowest BCUT2D eigenvalue weighted by Gasteiger charge is -2.41. The zero-order chi connectivity index (χ0) is 12.7. The summed E-state index contributed by atoms with van der Waals surface area (Å²) >= 11 is 0. The van der Waals surface area contributed by atoms with E-state index in [9.17, 15) is 0 Å². The minimum atomic E-state index is 0.549. The van der Waals surface area contributed by atoms with Gasteiger partial charge in [0.15, 0.2) is 0 Å². The van der Waals surface area contributed by atoms with Crippen molar-refractivity contribution < 1.29 is 0 Å². The zero-order valence-corrected chi connectivity index (χ0v) is 12.1. The molecule has 0 bridgehead atoms. The van der Waals surface area contributed by atoms with Gasteiger partial charge in [0.2, 0.25) is 0 Å². The van der Waals surface area contributed by atoms with Crippen molar-refractivity contribution in [1.29, 1.82) is 0 Å². The Morgan fingerprint density at radius 2 is 2.06 bits per heavy atom. The third-order valence-electron chi connectivity index (χ3n) is 4.15. The number of nitrogens with one attached hydrogen (secondary N) is 1. The number of rotatable bonds is 5. The largest absolute Gasteiger partial charge is 0.317 e. The van der Waals surface area contributed by atoms with Crippen LogP contribution in [0.15, 0.2) is 0 Å². The minimum absolute atomic E-state index is 0.549. The summed E-state index contributed by atoms with van der Waals surface area (Å²) in [4.78, 5) is 0. The first-order valence-electron chi connectivity index (χ1n) is 7.19. The van der Waals surface area contributed by atoms with E-state index in [1.807, 2.05) is 6.92 Å². The first kappa shape index (κ1) is 14.6. The van der Waals surface area contributed by atoms with Crippen LogP contribution in [-0.4, -0.2) is 13.1 Å². The van der Waals surface area contributed by atoms with Crippen molar-refractivity contribution in [3.63, 3.8) is 0 Å². The fourth-order valence-electron chi connectivity index (χ4n) is 3.11. The van der Waals surface area contributed by atoms with Crippen LogP contribution in [0.4, 0.5) is 0 Å². The quantitative estimate of drug-likeness (QED) is 0.714. The van der Waals surface area contributed by atoms with Gasteiger partial charge in [0.1, 0.15) is 0 Å². The third kappa shape index (κ3) is 5.13. The van der Waals surface area contributed by atoms with Crippen molar-refractivity contribution in [1.82, 2.24) is 5.32 Å². The molecule has 1 fully saturated rings. The van der Waals surface area contributed by atoms with Gasteiger partial charge in [0.05, 0.1) is 0 Å². The average molecular weight is 235 g/mol. The second-order valence-electron chi connectivity index (χ2n) is 6.20. The maximum Gasteiger partial charge on any atom is 0.00913 e. The van der Waals surface area contributed by atoms with Gasteiger partial charge in [-0.15, -0.1) is 11.8 Å². The number of hydrogen-bond donors (Lipinski definition) is 1. The Kier molecular flexibility index (Phi) is 6.06. The van der Waals surface area contributed by atoms with Gasteiger partial charge in [-0.25, -0.2) is 0 Å². The Balaban J connectivity index is 2.50. The standard InChI is InChI=1S/C16H29N/c1-5-7-8-9-14-12-16(3,4)11-10-15(14)13-17-6-2/h14-15,17H,6,8-13H2,1-4H3. The maximum atomic E-state index is 3.53. The molecule has 1 heteroatoms. The van der Waals surface area contributed by atoms with Gasteiger partial charge in [-0.05, 0) is 62.9 Å². The topological polar surface area (TPSA) is 12.0 Å². The monoisotopic (exact) mass is 235 g/mol. The molecular weight excluding hydrogens is 206 g/mol. The molecule has 17 heavy (non-hydrogen) atoms. The highest BCUT2D eigenvalue weighted by Gasteiger charge is 2.33. The van der Waals surface area contributed by atoms with Crippen molar-refractivity contribution in [3.05, 3.63) is 0 Å². The van der Waals surface area contributed by atoms with Crippen molar-refractivity contribution in [3.8, 4) is 11.8 Å². The Hall–Kier alpha value is -0.480. The Labute approximate surface area is 108 Å². The summed E-state index contributed by atoms with van der Waals surface area (Å²) in [6.07, 6.45) is 6.54. The fourth-order valence-corrected chi connectivity index (χ4v) is 3.11. The highest BCUT2D eigenvalue weighted by atomic mass is 14.8. The van der Waals surface area contributed by atoms with Crippen LogP contribution in [-0.2, 0) is 0 Å². The highest BCUT2D eigenvalue weighted by Crippen LogP contribution is 2.43. The van der Waals surface area contributed by atoms with E-state index in [0.29, 0.717) is 5.41 Å². The lowest BCUT2D eigenvalue weighted by Crippen LogP contribution is -2.36. The lowest BCUT2D eigenvalue weighted by molar-refractivity contribution is 0.111. The van der Waals surface area contributed by atoms with Crippen molar-refractivity contribution in [2.45, 2.75) is 59.8 Å². The smallest absolute Gasteiger partial charge is 0.00913 e. The molecule has 0 saturated heterocycles. The molecule has 1 nitrogen and oxygen atoms in total. The van der Waals surface area contributed by atoms with Gasteiger partial charge < -0.3 is 5.32 Å². The van der Waals surface area contributed by atoms with E-state index in [0.717, 1.165) is 24.8 Å². The van der Waals surface area contributed by atoms with Crippen LogP contribution in [0.25, 0.3) is 0 Å². The molecule has 1 saturated carbocycles. The summed E-state index contributed by atoms with van der Waals surface area (Å²) < 4.78 is 0. The predicted molar refractivity (Wildman–Crippen MR) is 75.8 cm³/mol. The summed E-state index contributed by atoms with van der Waals surface area (Å²) in [6, 6.07) is 0. The summed E-state index contributed by atoms with van der Waals surface area (Å²) in [5.41, 5.74) is 0.549. The SMILES string of the molecule is CC#CCCC1CC(C)(C)CCC1CNCC. The molecule has 0 heterocycles. The van der Waals surface area contributed by atoms with Crippen LogP contribution in [0.1, 0.15) is 59.8 Å². The molecule has 2 atom stereocenters. The minimum Gasteiger partial charge on any atom is -0.317 e. The van der Waals surface area contributed by atoms with Gasteiger partial charge in [-0.2, -0.15) is 0 Å². The van der Waals surface area contributed by atoms with Crippen LogP contribution in [0.2, 0.25) is 0 Å². The Morgan fingerprint density at radius 3 is 2.71 bits per heavy atom. The number of hydrogen-bond acceptors (Lipinski definition) is 1. The maximum absolute atomic E-state index is 3.53. The van der Waals surface area contributed by atoms with Crippen LogP contribution >= 0.6 is 0 Å². The molecule has 2 unspecified atom stereocenters. The molecule has 0 aromatic rings. The average Bonchev–Trinajstić information content (AvgIpc) is 2.27. The van der Waals surface area contributed by atoms with Crippen LogP contribution in [0, 0.1) is 29.1 Å². The molecule has 1 aliphatic rings. The summed E-state index contributed by atoms with van der Waals surface area (Å²) in [5.74, 6) is 8.00. The fraction of sp³-hybridized carbons (Fsp3) is 0.875. The van der Waals surface area contributed by atoms with Gasteiger partial charge in [0, 0.05) is 6.42 Å². The normalized spacial score (nSPS) is 27.3. The lowest BCUT2D eigenvalue weighted by atomic mass is 9.66. The summed E-state index contributed by atoms with van der Waals surface area (Å²) in [6.45, 7) is 11.3. The Bertz CT molecular complexity index is 269. The molecule has 0 aromatic carbocycles. The van der Waals surface area contributed by atoms with E-state index in [4.69, 9.17) is 0 Å². The van der Waals surface area contributed by atoms with E-state index < -0.39 is 0 Å². The molecular formula is C16H29N.